The number of esters is 1. The Labute approximate surface area is 161 Å². The fourth-order valence-corrected chi connectivity index (χ4v) is 3.44. The van der Waals surface area contributed by atoms with Gasteiger partial charge in [-0.3, -0.25) is 4.79 Å². The van der Waals surface area contributed by atoms with Crippen molar-refractivity contribution in [3.63, 3.8) is 0 Å². The Hall–Kier alpha value is -2.08. The van der Waals surface area contributed by atoms with Crippen LogP contribution in [0, 0.1) is 0 Å². The molecule has 0 unspecified atom stereocenters. The van der Waals surface area contributed by atoms with Gasteiger partial charge < -0.3 is 19.5 Å². The normalized spacial score (nSPS) is 16.3. The number of anilines is 1. The Morgan fingerprint density at radius 1 is 1.11 bits per heavy atom. The highest BCUT2D eigenvalue weighted by Crippen LogP contribution is 2.33. The second-order valence-electron chi connectivity index (χ2n) is 6.85. The zero-order valence-electron chi connectivity index (χ0n) is 16.6. The van der Waals surface area contributed by atoms with Crippen LogP contribution in [0.3, 0.4) is 0 Å². The van der Waals surface area contributed by atoms with Gasteiger partial charge in [0.25, 0.3) is 5.91 Å². The van der Waals surface area contributed by atoms with E-state index in [9.17, 15) is 9.59 Å². The number of ether oxygens (including phenoxy) is 3. The fraction of sp³-hybridized carbons (Fsp3) is 0.619. The lowest BCUT2D eigenvalue weighted by Gasteiger charge is -2.31. The van der Waals surface area contributed by atoms with E-state index in [4.69, 9.17) is 14.2 Å². The molecule has 6 heteroatoms. The van der Waals surface area contributed by atoms with E-state index in [0.29, 0.717) is 30.2 Å². The predicted molar refractivity (Wildman–Crippen MR) is 104 cm³/mol. The van der Waals surface area contributed by atoms with Crippen LogP contribution >= 0.6 is 0 Å². The fourth-order valence-electron chi connectivity index (χ4n) is 3.44. The molecule has 1 aromatic carbocycles. The molecule has 150 valence electrons. The van der Waals surface area contributed by atoms with Crippen molar-refractivity contribution >= 4 is 17.6 Å². The number of amides is 1. The molecule has 6 nitrogen and oxygen atoms in total. The molecule has 1 saturated carbocycles. The first-order chi connectivity index (χ1) is 13.1. The number of hydrogen-bond acceptors (Lipinski definition) is 5. The Kier molecular flexibility index (Phi) is 8.10. The van der Waals surface area contributed by atoms with Crippen LogP contribution in [0.4, 0.5) is 5.69 Å². The molecule has 0 bridgehead atoms. The van der Waals surface area contributed by atoms with Crippen molar-refractivity contribution in [3.05, 3.63) is 23.8 Å². The van der Waals surface area contributed by atoms with Crippen molar-refractivity contribution < 1.29 is 23.8 Å². The molecule has 1 aliphatic carbocycles. The lowest BCUT2D eigenvalue weighted by Crippen LogP contribution is -2.45. The summed E-state index contributed by atoms with van der Waals surface area (Å²) >= 11 is 0. The SMILES string of the molecule is CCCOC1(C(=O)Nc2ccc(OCC)c(C(=O)OC)c2)CCCCCC1. The van der Waals surface area contributed by atoms with Crippen LogP contribution in [-0.4, -0.2) is 37.8 Å². The lowest BCUT2D eigenvalue weighted by molar-refractivity contribution is -0.143. The molecule has 1 N–H and O–H groups in total. The van der Waals surface area contributed by atoms with E-state index in [1.165, 1.54) is 7.11 Å². The van der Waals surface area contributed by atoms with Gasteiger partial charge in [-0.1, -0.05) is 32.6 Å². The van der Waals surface area contributed by atoms with Crippen molar-refractivity contribution in [1.29, 1.82) is 0 Å². The Morgan fingerprint density at radius 2 is 1.81 bits per heavy atom. The van der Waals surface area contributed by atoms with E-state index in [2.05, 4.69) is 5.32 Å². The monoisotopic (exact) mass is 377 g/mol. The summed E-state index contributed by atoms with van der Waals surface area (Å²) in [6.07, 6.45) is 6.52. The van der Waals surface area contributed by atoms with Crippen molar-refractivity contribution in [3.8, 4) is 5.75 Å². The highest BCUT2D eigenvalue weighted by molar-refractivity contribution is 5.99. The molecule has 1 fully saturated rings. The Morgan fingerprint density at radius 3 is 2.41 bits per heavy atom. The van der Waals surface area contributed by atoms with E-state index in [0.717, 1.165) is 44.9 Å². The Bertz CT molecular complexity index is 635. The number of methoxy groups -OCH3 is 1. The standard InChI is InChI=1S/C21H31NO5/c1-4-14-27-21(12-8-6-7-9-13-21)20(24)22-16-10-11-18(26-5-2)17(15-16)19(23)25-3/h10-11,15H,4-9,12-14H2,1-3H3,(H,22,24). The zero-order chi connectivity index (χ0) is 19.7. The second kappa shape index (κ2) is 10.3. The van der Waals surface area contributed by atoms with Gasteiger partial charge in [0.1, 0.15) is 16.9 Å². The van der Waals surface area contributed by atoms with Crippen LogP contribution in [0.15, 0.2) is 18.2 Å². The summed E-state index contributed by atoms with van der Waals surface area (Å²) in [5, 5.41) is 2.95. The van der Waals surface area contributed by atoms with E-state index in [-0.39, 0.29) is 5.91 Å². The highest BCUT2D eigenvalue weighted by atomic mass is 16.5. The molecule has 0 aliphatic heterocycles. The smallest absolute Gasteiger partial charge is 0.341 e. The molecule has 0 spiro atoms. The van der Waals surface area contributed by atoms with E-state index in [1.54, 1.807) is 18.2 Å². The van der Waals surface area contributed by atoms with Crippen molar-refractivity contribution in [2.75, 3.05) is 25.6 Å². The summed E-state index contributed by atoms with van der Waals surface area (Å²) in [7, 11) is 1.32. The number of hydrogen-bond donors (Lipinski definition) is 1. The van der Waals surface area contributed by atoms with E-state index < -0.39 is 11.6 Å². The summed E-state index contributed by atoms with van der Waals surface area (Å²) in [5.41, 5.74) is 0.0328. The van der Waals surface area contributed by atoms with Gasteiger partial charge in [0.05, 0.1) is 13.7 Å². The first-order valence-corrected chi connectivity index (χ1v) is 9.87. The number of carbonyl (C=O) groups is 2. The van der Waals surface area contributed by atoms with Crippen LogP contribution in [0.5, 0.6) is 5.75 Å². The molecule has 1 aliphatic rings. The minimum atomic E-state index is -0.795. The predicted octanol–water partition coefficient (Wildman–Crippen LogP) is 4.33. The second-order valence-corrected chi connectivity index (χ2v) is 6.85. The van der Waals surface area contributed by atoms with Gasteiger partial charge in [0.2, 0.25) is 0 Å². The zero-order valence-corrected chi connectivity index (χ0v) is 16.6. The maximum absolute atomic E-state index is 13.1. The summed E-state index contributed by atoms with van der Waals surface area (Å²) in [6.45, 7) is 4.88. The van der Waals surface area contributed by atoms with Crippen LogP contribution in [0.2, 0.25) is 0 Å². The average Bonchev–Trinajstić information content (AvgIpc) is 2.93. The van der Waals surface area contributed by atoms with Gasteiger partial charge in [-0.2, -0.15) is 0 Å². The van der Waals surface area contributed by atoms with Crippen molar-refractivity contribution in [2.45, 2.75) is 64.4 Å². The van der Waals surface area contributed by atoms with Crippen LogP contribution in [0.1, 0.15) is 69.2 Å². The van der Waals surface area contributed by atoms with Crippen molar-refractivity contribution in [2.24, 2.45) is 0 Å². The average molecular weight is 377 g/mol. The highest BCUT2D eigenvalue weighted by Gasteiger charge is 2.39. The van der Waals surface area contributed by atoms with E-state index in [1.807, 2.05) is 13.8 Å². The summed E-state index contributed by atoms with van der Waals surface area (Å²) in [6, 6.07) is 5.01. The third-order valence-electron chi connectivity index (χ3n) is 4.85. The van der Waals surface area contributed by atoms with Gasteiger partial charge in [-0.15, -0.1) is 0 Å². The molecule has 0 aromatic heterocycles. The minimum absolute atomic E-state index is 0.141. The molecule has 27 heavy (non-hydrogen) atoms. The number of carbonyl (C=O) groups excluding carboxylic acids is 2. The lowest BCUT2D eigenvalue weighted by atomic mass is 9.92. The maximum Gasteiger partial charge on any atom is 0.341 e. The van der Waals surface area contributed by atoms with Gasteiger partial charge in [-0.05, 0) is 44.4 Å². The molecule has 0 heterocycles. The van der Waals surface area contributed by atoms with Gasteiger partial charge in [0.15, 0.2) is 0 Å². The maximum atomic E-state index is 13.1. The first kappa shape index (κ1) is 21.2. The number of benzene rings is 1. The molecular weight excluding hydrogens is 346 g/mol. The summed E-state index contributed by atoms with van der Waals surface area (Å²) in [4.78, 5) is 25.2. The molecule has 1 aromatic rings. The van der Waals surface area contributed by atoms with Crippen LogP contribution in [0.25, 0.3) is 0 Å². The number of nitrogens with one attached hydrogen (secondary N) is 1. The molecular formula is C21H31NO5. The third kappa shape index (κ3) is 5.45. The van der Waals surface area contributed by atoms with Crippen LogP contribution < -0.4 is 10.1 Å². The minimum Gasteiger partial charge on any atom is -0.493 e. The van der Waals surface area contributed by atoms with Crippen LogP contribution in [-0.2, 0) is 14.3 Å². The number of rotatable bonds is 8. The molecule has 0 atom stereocenters. The quantitative estimate of drug-likeness (QED) is 0.539. The van der Waals surface area contributed by atoms with Gasteiger partial charge in [0, 0.05) is 12.3 Å². The summed E-state index contributed by atoms with van der Waals surface area (Å²) < 4.78 is 16.4. The molecule has 0 saturated heterocycles. The largest absolute Gasteiger partial charge is 0.493 e. The first-order valence-electron chi connectivity index (χ1n) is 9.87. The van der Waals surface area contributed by atoms with Gasteiger partial charge in [-0.25, -0.2) is 4.79 Å². The molecule has 0 radical (unpaired) electrons. The van der Waals surface area contributed by atoms with Crippen molar-refractivity contribution in [1.82, 2.24) is 0 Å². The third-order valence-corrected chi connectivity index (χ3v) is 4.85. The topological polar surface area (TPSA) is 73.9 Å². The van der Waals surface area contributed by atoms with E-state index >= 15 is 0 Å². The summed E-state index contributed by atoms with van der Waals surface area (Å²) in [5.74, 6) is -0.201. The molecule has 2 rings (SSSR count). The van der Waals surface area contributed by atoms with Gasteiger partial charge >= 0.3 is 5.97 Å². The molecule has 1 amide bonds. The Balaban J connectivity index is 2.24.